The highest BCUT2D eigenvalue weighted by molar-refractivity contribution is 6.20. The van der Waals surface area contributed by atoms with E-state index in [2.05, 4.69) is 25.2 Å². The van der Waals surface area contributed by atoms with Crippen LogP contribution in [0.3, 0.4) is 0 Å². The van der Waals surface area contributed by atoms with Gasteiger partial charge >= 0.3 is 0 Å². The molecule has 1 aliphatic rings. The number of hydrogen-bond acceptors (Lipinski definition) is 0. The van der Waals surface area contributed by atoms with Gasteiger partial charge in [0.05, 0.1) is 0 Å². The van der Waals surface area contributed by atoms with Gasteiger partial charge in [0.2, 0.25) is 0 Å². The molecule has 10 heavy (non-hydrogen) atoms. The second-order valence-electron chi connectivity index (χ2n) is 2.76. The van der Waals surface area contributed by atoms with Crippen LogP contribution in [0.1, 0.15) is 26.2 Å². The summed E-state index contributed by atoms with van der Waals surface area (Å²) in [6.45, 7) is 2.12. The van der Waals surface area contributed by atoms with Crippen LogP contribution in [0.5, 0.6) is 0 Å². The summed E-state index contributed by atoms with van der Waals surface area (Å²) >= 11 is 5.98. The maximum atomic E-state index is 5.98. The zero-order valence-corrected chi connectivity index (χ0v) is 7.06. The van der Waals surface area contributed by atoms with Crippen LogP contribution in [-0.4, -0.2) is 5.38 Å². The molecule has 1 atom stereocenters. The number of rotatable bonds is 0. The van der Waals surface area contributed by atoms with E-state index in [1.165, 1.54) is 5.57 Å². The minimum atomic E-state index is 0.347. The Bertz CT molecular complexity index is 156. The average molecular weight is 157 g/mol. The summed E-state index contributed by atoms with van der Waals surface area (Å²) in [7, 11) is 0. The minimum Gasteiger partial charge on any atom is -0.123 e. The SMILES string of the molecule is CC1=CCC(Cl)CCC=C1. The molecule has 56 valence electrons. The van der Waals surface area contributed by atoms with Crippen molar-refractivity contribution in [1.82, 2.24) is 0 Å². The second kappa shape index (κ2) is 3.82. The lowest BCUT2D eigenvalue weighted by molar-refractivity contribution is 0.764. The van der Waals surface area contributed by atoms with E-state index in [4.69, 9.17) is 11.6 Å². The summed E-state index contributed by atoms with van der Waals surface area (Å²) in [5, 5.41) is 0.347. The van der Waals surface area contributed by atoms with Crippen molar-refractivity contribution in [3.05, 3.63) is 23.8 Å². The molecule has 0 saturated heterocycles. The molecule has 0 spiro atoms. The summed E-state index contributed by atoms with van der Waals surface area (Å²) < 4.78 is 0. The van der Waals surface area contributed by atoms with E-state index >= 15 is 0 Å². The van der Waals surface area contributed by atoms with Crippen molar-refractivity contribution in [3.8, 4) is 0 Å². The molecule has 0 aromatic carbocycles. The third kappa shape index (κ3) is 2.57. The van der Waals surface area contributed by atoms with E-state index in [-0.39, 0.29) is 0 Å². The van der Waals surface area contributed by atoms with Crippen molar-refractivity contribution < 1.29 is 0 Å². The second-order valence-corrected chi connectivity index (χ2v) is 3.38. The first-order valence-electron chi connectivity index (χ1n) is 3.76. The number of halogens is 1. The average Bonchev–Trinajstić information content (AvgIpc) is 1.90. The van der Waals surface area contributed by atoms with Crippen molar-refractivity contribution in [3.63, 3.8) is 0 Å². The van der Waals surface area contributed by atoms with Crippen molar-refractivity contribution in [2.45, 2.75) is 31.6 Å². The van der Waals surface area contributed by atoms with Gasteiger partial charge in [0.25, 0.3) is 0 Å². The number of hydrogen-bond donors (Lipinski definition) is 0. The zero-order valence-electron chi connectivity index (χ0n) is 6.31. The lowest BCUT2D eigenvalue weighted by Gasteiger charge is -2.06. The fourth-order valence-corrected chi connectivity index (χ4v) is 1.26. The molecule has 0 fully saturated rings. The van der Waals surface area contributed by atoms with E-state index < -0.39 is 0 Å². The molecule has 0 aromatic heterocycles. The smallest absolute Gasteiger partial charge is 0.0373 e. The van der Waals surface area contributed by atoms with Crippen LogP contribution in [0.15, 0.2) is 23.8 Å². The van der Waals surface area contributed by atoms with Crippen molar-refractivity contribution in [2.24, 2.45) is 0 Å². The standard InChI is InChI=1S/C9H13Cl/c1-8-4-2-3-5-9(10)7-6-8/h2,4,6,9H,3,5,7H2,1H3. The molecule has 0 heterocycles. The predicted octanol–water partition coefficient (Wildman–Crippen LogP) is 3.28. The van der Waals surface area contributed by atoms with Gasteiger partial charge in [-0.05, 0) is 26.2 Å². The molecule has 0 radical (unpaired) electrons. The van der Waals surface area contributed by atoms with E-state index in [0.717, 1.165) is 19.3 Å². The van der Waals surface area contributed by atoms with Crippen molar-refractivity contribution in [1.29, 1.82) is 0 Å². The largest absolute Gasteiger partial charge is 0.123 e. The first-order chi connectivity index (χ1) is 4.79. The first kappa shape index (κ1) is 7.87. The molecule has 1 unspecified atom stereocenters. The Labute approximate surface area is 67.6 Å². The molecule has 0 amide bonds. The monoisotopic (exact) mass is 156 g/mol. The summed E-state index contributed by atoms with van der Waals surface area (Å²) in [6.07, 6.45) is 9.83. The lowest BCUT2D eigenvalue weighted by atomic mass is 10.1. The Balaban J connectivity index is 2.54. The van der Waals surface area contributed by atoms with Crippen LogP contribution in [0.2, 0.25) is 0 Å². The van der Waals surface area contributed by atoms with Crippen LogP contribution in [-0.2, 0) is 0 Å². The van der Waals surface area contributed by atoms with Crippen molar-refractivity contribution in [2.75, 3.05) is 0 Å². The molecule has 0 bridgehead atoms. The van der Waals surface area contributed by atoms with E-state index in [1.807, 2.05) is 0 Å². The molecular formula is C9H13Cl. The number of alkyl halides is 1. The molecule has 0 aliphatic heterocycles. The van der Waals surface area contributed by atoms with E-state index in [1.54, 1.807) is 0 Å². The minimum absolute atomic E-state index is 0.347. The van der Waals surface area contributed by atoms with Gasteiger partial charge < -0.3 is 0 Å². The maximum Gasteiger partial charge on any atom is 0.0373 e. The lowest BCUT2D eigenvalue weighted by Crippen LogP contribution is -1.97. The summed E-state index contributed by atoms with van der Waals surface area (Å²) in [5.41, 5.74) is 1.34. The predicted molar refractivity (Wildman–Crippen MR) is 46.4 cm³/mol. The third-order valence-corrected chi connectivity index (χ3v) is 2.12. The van der Waals surface area contributed by atoms with Crippen LogP contribution in [0, 0.1) is 0 Å². The Morgan fingerprint density at radius 2 is 2.40 bits per heavy atom. The van der Waals surface area contributed by atoms with Gasteiger partial charge in [-0.2, -0.15) is 0 Å². The molecule has 1 rings (SSSR count). The molecule has 1 heteroatoms. The Morgan fingerprint density at radius 1 is 1.60 bits per heavy atom. The topological polar surface area (TPSA) is 0 Å². The van der Waals surface area contributed by atoms with Crippen LogP contribution >= 0.6 is 11.6 Å². The van der Waals surface area contributed by atoms with Crippen LogP contribution in [0.4, 0.5) is 0 Å². The molecule has 0 nitrogen and oxygen atoms in total. The van der Waals surface area contributed by atoms with E-state index in [9.17, 15) is 0 Å². The molecule has 0 N–H and O–H groups in total. The normalized spacial score (nSPS) is 27.0. The highest BCUT2D eigenvalue weighted by Crippen LogP contribution is 2.15. The van der Waals surface area contributed by atoms with Gasteiger partial charge in [-0.1, -0.05) is 23.8 Å². The number of allylic oxidation sites excluding steroid dienone is 4. The quantitative estimate of drug-likeness (QED) is 0.473. The Kier molecular flexibility index (Phi) is 3.01. The Morgan fingerprint density at radius 3 is 3.20 bits per heavy atom. The molecule has 1 aliphatic carbocycles. The first-order valence-corrected chi connectivity index (χ1v) is 4.20. The maximum absolute atomic E-state index is 5.98. The van der Waals surface area contributed by atoms with Gasteiger partial charge in [-0.15, -0.1) is 11.6 Å². The van der Waals surface area contributed by atoms with Gasteiger partial charge in [0.15, 0.2) is 0 Å². The van der Waals surface area contributed by atoms with Crippen molar-refractivity contribution >= 4 is 11.6 Å². The highest BCUT2D eigenvalue weighted by atomic mass is 35.5. The fourth-order valence-electron chi connectivity index (χ4n) is 1.05. The van der Waals surface area contributed by atoms with Gasteiger partial charge in [0.1, 0.15) is 0 Å². The van der Waals surface area contributed by atoms with Crippen LogP contribution in [0.25, 0.3) is 0 Å². The van der Waals surface area contributed by atoms with Crippen LogP contribution < -0.4 is 0 Å². The zero-order chi connectivity index (χ0) is 7.40. The molecular weight excluding hydrogens is 144 g/mol. The Hall–Kier alpha value is -0.230. The van der Waals surface area contributed by atoms with Gasteiger partial charge in [-0.3, -0.25) is 0 Å². The highest BCUT2D eigenvalue weighted by Gasteiger charge is 2.02. The molecule has 0 aromatic rings. The van der Waals surface area contributed by atoms with Gasteiger partial charge in [-0.25, -0.2) is 0 Å². The summed E-state index contributed by atoms with van der Waals surface area (Å²) in [6, 6.07) is 0. The molecule has 0 saturated carbocycles. The van der Waals surface area contributed by atoms with E-state index in [0.29, 0.717) is 5.38 Å². The summed E-state index contributed by atoms with van der Waals surface area (Å²) in [5.74, 6) is 0. The van der Waals surface area contributed by atoms with Gasteiger partial charge in [0, 0.05) is 5.38 Å². The fraction of sp³-hybridized carbons (Fsp3) is 0.556. The summed E-state index contributed by atoms with van der Waals surface area (Å²) in [4.78, 5) is 0. The third-order valence-electron chi connectivity index (χ3n) is 1.72.